The van der Waals surface area contributed by atoms with Gasteiger partial charge in [-0.1, -0.05) is 39.0 Å². The minimum atomic E-state index is -1.07. The number of ether oxygens (including phenoxy) is 2. The molecule has 9 heterocycles. The fraction of sp³-hybridized carbons (Fsp3) is 0.220. The molecule has 7 aliphatic rings. The molecule has 0 fully saturated rings. The predicted octanol–water partition coefficient (Wildman–Crippen LogP) is 5.35. The molecule has 10 heteroatoms. The zero-order chi connectivity index (χ0) is 33.8. The molecular weight excluding hydrogens is 637 g/mol. The van der Waals surface area contributed by atoms with Crippen molar-refractivity contribution in [2.75, 3.05) is 13.2 Å². The number of nitrogens with zero attached hydrogens (tertiary/aromatic N) is 8. The third kappa shape index (κ3) is 2.72. The molecule has 2 bridgehead atoms. The normalized spacial score (nSPS) is 21.9. The first kappa shape index (κ1) is 26.7. The summed E-state index contributed by atoms with van der Waals surface area (Å²) in [6.07, 6.45) is 0. The number of hydrogen-bond donors (Lipinski definition) is 0. The molecule has 2 atom stereocenters. The molecule has 10 nitrogen and oxygen atoms in total. The van der Waals surface area contributed by atoms with E-state index in [1.54, 1.807) is 0 Å². The minimum Gasteiger partial charge on any atom is -0.492 e. The van der Waals surface area contributed by atoms with Crippen LogP contribution < -0.4 is 20.4 Å². The highest BCUT2D eigenvalue weighted by molar-refractivity contribution is 6.21. The van der Waals surface area contributed by atoms with Gasteiger partial charge in [-0.05, 0) is 98.5 Å². The average molecular weight is 667 g/mol. The Bertz CT molecular complexity index is 3100. The Morgan fingerprint density at radius 3 is 2.00 bits per heavy atom. The maximum Gasteiger partial charge on any atom is 0.404 e. The van der Waals surface area contributed by atoms with E-state index in [9.17, 15) is 0 Å². The molecule has 0 radical (unpaired) electrons. The Morgan fingerprint density at radius 1 is 0.627 bits per heavy atom. The summed E-state index contributed by atoms with van der Waals surface area (Å²) in [6, 6.07) is 21.7. The van der Waals surface area contributed by atoms with Gasteiger partial charge in [-0.3, -0.25) is 0 Å². The lowest BCUT2D eigenvalue weighted by molar-refractivity contribution is -0.790. The maximum absolute atomic E-state index is 6.66. The molecule has 51 heavy (non-hydrogen) atoms. The van der Waals surface area contributed by atoms with Crippen molar-refractivity contribution in [3.8, 4) is 11.5 Å². The molecule has 2 aromatic heterocycles. The van der Waals surface area contributed by atoms with Crippen LogP contribution in [0.4, 0.5) is 11.6 Å². The van der Waals surface area contributed by atoms with Gasteiger partial charge in [0.2, 0.25) is 22.6 Å². The van der Waals surface area contributed by atoms with Gasteiger partial charge in [0.15, 0.2) is 0 Å². The highest BCUT2D eigenvalue weighted by Gasteiger charge is 2.70. The van der Waals surface area contributed by atoms with Crippen LogP contribution in [0.5, 0.6) is 11.5 Å². The van der Waals surface area contributed by atoms with Crippen molar-refractivity contribution in [3.05, 3.63) is 116 Å². The second kappa shape index (κ2) is 8.24. The molecule has 244 valence electrons. The van der Waals surface area contributed by atoms with Gasteiger partial charge in [0.25, 0.3) is 23.3 Å². The highest BCUT2D eigenvalue weighted by Crippen LogP contribution is 2.53. The molecule has 13 rings (SSSR count). The Kier molecular flexibility index (Phi) is 4.31. The Hall–Kier alpha value is -6.16. The van der Waals surface area contributed by atoms with Crippen LogP contribution in [0.1, 0.15) is 51.4 Å². The summed E-state index contributed by atoms with van der Waals surface area (Å²) in [5, 5.41) is 4.11. The van der Waals surface area contributed by atoms with Crippen molar-refractivity contribution >= 4 is 56.5 Å². The highest BCUT2D eigenvalue weighted by atomic mass is 16.5. The second-order valence-electron chi connectivity index (χ2n) is 15.0. The molecule has 6 aromatic rings. The van der Waals surface area contributed by atoms with E-state index in [1.165, 1.54) is 22.3 Å². The van der Waals surface area contributed by atoms with Crippen LogP contribution in [0.15, 0.2) is 80.6 Å². The summed E-state index contributed by atoms with van der Waals surface area (Å²) in [7, 11) is 0. The van der Waals surface area contributed by atoms with Crippen LogP contribution in [-0.4, -0.2) is 54.8 Å². The van der Waals surface area contributed by atoms with Crippen molar-refractivity contribution < 1.29 is 18.6 Å². The molecule has 4 aromatic carbocycles. The zero-order valence-corrected chi connectivity index (χ0v) is 28.7. The van der Waals surface area contributed by atoms with Gasteiger partial charge in [-0.15, -0.1) is 9.15 Å². The molecule has 0 amide bonds. The summed E-state index contributed by atoms with van der Waals surface area (Å²) in [6.45, 7) is 11.9. The SMILES string of the molecule is Cc1cc2c(cc1C)C1=[N+]3C2=Nc2c4cc(C)c(C)cc4c4n2[C@@]32n3c(c5cccc6c5c3=NC3=[N+]2C(=N4)c2cccc(c23)OCC(C)CO6)=N1. The van der Waals surface area contributed by atoms with Crippen molar-refractivity contribution in [1.82, 2.24) is 9.13 Å². The van der Waals surface area contributed by atoms with E-state index in [0.29, 0.717) is 13.2 Å². The van der Waals surface area contributed by atoms with Gasteiger partial charge in [0, 0.05) is 16.7 Å². The predicted molar refractivity (Wildman–Crippen MR) is 193 cm³/mol. The average Bonchev–Trinajstić information content (AvgIpc) is 3.82. The molecule has 1 unspecified atom stereocenters. The van der Waals surface area contributed by atoms with Crippen LogP contribution in [0.25, 0.3) is 21.5 Å². The smallest absolute Gasteiger partial charge is 0.404 e. The van der Waals surface area contributed by atoms with Gasteiger partial charge in [-0.2, -0.15) is 9.13 Å². The second-order valence-corrected chi connectivity index (χ2v) is 15.0. The molecule has 1 spiro atoms. The molecule has 0 aliphatic carbocycles. The number of fused-ring (bicyclic) bond motifs is 8. The van der Waals surface area contributed by atoms with Crippen LogP contribution in [0.3, 0.4) is 0 Å². The van der Waals surface area contributed by atoms with Gasteiger partial charge in [0.1, 0.15) is 17.1 Å². The molecule has 7 aliphatic heterocycles. The molecule has 0 saturated carbocycles. The summed E-state index contributed by atoms with van der Waals surface area (Å²) < 4.78 is 22.7. The van der Waals surface area contributed by atoms with E-state index in [4.69, 9.17) is 29.4 Å². The fourth-order valence-corrected chi connectivity index (χ4v) is 9.38. The standard InChI is InChI=1S/C41H30N8O2/c1-18-16-50-29-10-6-8-23-31(29)39-45-40-32-24(9-7-11-30(32)51-17-18)34-43-36-26-13-20(3)22(5)15-28(26)38-44-37-27-14-21(4)19(2)12-25(27)35-42-33(23)48(39)41(46(35)37,47(36)38)49(34)40/h6-15,18H,16-17H2,1-5H3/q+2/t41-/m1/s1. The summed E-state index contributed by atoms with van der Waals surface area (Å²) in [4.78, 5) is 22.4. The Labute approximate surface area is 291 Å². The van der Waals surface area contributed by atoms with E-state index in [1.807, 2.05) is 0 Å². The van der Waals surface area contributed by atoms with Crippen LogP contribution in [-0.2, 0) is 5.91 Å². The number of aryl methyl sites for hydroxylation is 4. The lowest BCUT2D eigenvalue weighted by Crippen LogP contribution is -2.71. The molecule has 0 saturated heterocycles. The number of aromatic nitrogens is 2. The first-order valence-corrected chi connectivity index (χ1v) is 17.6. The third-order valence-corrected chi connectivity index (χ3v) is 12.0. The Balaban J connectivity index is 1.35. The monoisotopic (exact) mass is 666 g/mol. The lowest BCUT2D eigenvalue weighted by Gasteiger charge is -2.40. The summed E-state index contributed by atoms with van der Waals surface area (Å²) >= 11 is 0. The van der Waals surface area contributed by atoms with E-state index in [0.717, 1.165) is 101 Å². The summed E-state index contributed by atoms with van der Waals surface area (Å²) in [5.41, 5.74) is 10.6. The van der Waals surface area contributed by atoms with Crippen LogP contribution in [0.2, 0.25) is 0 Å². The van der Waals surface area contributed by atoms with E-state index in [2.05, 4.69) is 114 Å². The quantitative estimate of drug-likeness (QED) is 0.205. The number of rotatable bonds is 0. The van der Waals surface area contributed by atoms with Gasteiger partial charge >= 0.3 is 5.91 Å². The van der Waals surface area contributed by atoms with E-state index >= 15 is 0 Å². The number of aliphatic imine (C=N–C) groups is 2. The van der Waals surface area contributed by atoms with Crippen LogP contribution in [0, 0.1) is 33.6 Å². The van der Waals surface area contributed by atoms with Crippen molar-refractivity contribution in [2.24, 2.45) is 25.9 Å². The van der Waals surface area contributed by atoms with Gasteiger partial charge in [0.05, 0.1) is 40.7 Å². The van der Waals surface area contributed by atoms with Crippen molar-refractivity contribution in [2.45, 2.75) is 40.5 Å². The number of hydrogen-bond acceptors (Lipinski definition) is 6. The Morgan fingerprint density at radius 2 is 1.24 bits per heavy atom. The van der Waals surface area contributed by atoms with Crippen LogP contribution >= 0.6 is 0 Å². The molecular formula is C41H30N8O2+2. The zero-order valence-electron chi connectivity index (χ0n) is 28.7. The molecule has 0 N–H and O–H groups in total. The van der Waals surface area contributed by atoms with Crippen molar-refractivity contribution in [1.29, 1.82) is 0 Å². The van der Waals surface area contributed by atoms with Gasteiger partial charge in [-0.25, -0.2) is 0 Å². The largest absolute Gasteiger partial charge is 0.492 e. The van der Waals surface area contributed by atoms with E-state index in [-0.39, 0.29) is 5.92 Å². The first-order chi connectivity index (χ1) is 24.8. The van der Waals surface area contributed by atoms with Gasteiger partial charge < -0.3 is 9.47 Å². The lowest BCUT2D eigenvalue weighted by atomic mass is 10.0. The minimum absolute atomic E-state index is 0.152. The fourth-order valence-electron chi connectivity index (χ4n) is 9.38. The van der Waals surface area contributed by atoms with E-state index < -0.39 is 5.91 Å². The van der Waals surface area contributed by atoms with Crippen molar-refractivity contribution in [3.63, 3.8) is 0 Å². The maximum atomic E-state index is 6.66. The summed E-state index contributed by atoms with van der Waals surface area (Å²) in [5.74, 6) is 5.80. The third-order valence-electron chi connectivity index (χ3n) is 12.0. The number of amidine groups is 4. The topological polar surface area (TPSA) is 83.8 Å². The number of benzene rings is 4. The first-order valence-electron chi connectivity index (χ1n) is 17.6.